The summed E-state index contributed by atoms with van der Waals surface area (Å²) in [7, 11) is 4.74. The Balaban J connectivity index is 1.91. The van der Waals surface area contributed by atoms with Gasteiger partial charge in [-0.3, -0.25) is 4.90 Å². The fraction of sp³-hybridized carbons (Fsp3) is 0.400. The fourth-order valence-electron chi connectivity index (χ4n) is 4.65. The molecular weight excluding hydrogens is 424 g/mol. The summed E-state index contributed by atoms with van der Waals surface area (Å²) >= 11 is 0. The van der Waals surface area contributed by atoms with E-state index in [-0.39, 0.29) is 6.04 Å². The maximum atomic E-state index is 12.0. The van der Waals surface area contributed by atoms with Gasteiger partial charge in [0.15, 0.2) is 11.5 Å². The molecule has 0 bridgehead atoms. The molecular formula is C25H30N2O6. The van der Waals surface area contributed by atoms with Gasteiger partial charge in [0, 0.05) is 42.1 Å². The van der Waals surface area contributed by atoms with E-state index in [1.54, 1.807) is 27.4 Å². The molecule has 8 heteroatoms. The number of methoxy groups -OCH3 is 3. The Morgan fingerprint density at radius 2 is 1.64 bits per heavy atom. The van der Waals surface area contributed by atoms with Crippen LogP contribution in [0.25, 0.3) is 16.6 Å². The molecule has 0 amide bonds. The zero-order valence-electron chi connectivity index (χ0n) is 19.7. The van der Waals surface area contributed by atoms with Gasteiger partial charge in [-0.25, -0.2) is 4.79 Å². The number of aromatic carboxylic acids is 1. The maximum absolute atomic E-state index is 12.0. The third-order valence-electron chi connectivity index (χ3n) is 6.41. The van der Waals surface area contributed by atoms with Crippen molar-refractivity contribution in [3.63, 3.8) is 0 Å². The van der Waals surface area contributed by atoms with Crippen LogP contribution in [0.3, 0.4) is 0 Å². The van der Waals surface area contributed by atoms with E-state index >= 15 is 0 Å². The van der Waals surface area contributed by atoms with Crippen LogP contribution in [0.4, 0.5) is 0 Å². The standard InChI is InChI=1S/C25H30N2O6/c1-15-20(25(28)29)13-19-10-18(17-11-21(30-3)24(32-5)22(12-17)31-4)14-27(19)23(15)16(2)26-6-8-33-9-7-26/h10-14,16H,6-9H2,1-5H3,(H,28,29). The first-order chi connectivity index (χ1) is 15.9. The highest BCUT2D eigenvalue weighted by atomic mass is 16.5. The van der Waals surface area contributed by atoms with Crippen LogP contribution < -0.4 is 14.2 Å². The molecule has 1 aliphatic heterocycles. The number of aromatic nitrogens is 1. The monoisotopic (exact) mass is 454 g/mol. The first kappa shape index (κ1) is 22.9. The van der Waals surface area contributed by atoms with Gasteiger partial charge in [-0.05, 0) is 49.2 Å². The van der Waals surface area contributed by atoms with Crippen LogP contribution in [-0.2, 0) is 4.74 Å². The Labute approximate surface area is 193 Å². The average Bonchev–Trinajstić information content (AvgIpc) is 3.26. The Morgan fingerprint density at radius 3 is 2.18 bits per heavy atom. The molecule has 1 atom stereocenters. The molecule has 1 N–H and O–H groups in total. The second-order valence-electron chi connectivity index (χ2n) is 8.14. The third kappa shape index (κ3) is 4.12. The summed E-state index contributed by atoms with van der Waals surface area (Å²) in [4.78, 5) is 14.4. The van der Waals surface area contributed by atoms with E-state index in [0.717, 1.165) is 41.0 Å². The van der Waals surface area contributed by atoms with E-state index in [1.165, 1.54) is 0 Å². The first-order valence-corrected chi connectivity index (χ1v) is 10.9. The maximum Gasteiger partial charge on any atom is 0.336 e. The van der Waals surface area contributed by atoms with Crippen molar-refractivity contribution in [2.75, 3.05) is 47.6 Å². The summed E-state index contributed by atoms with van der Waals surface area (Å²) in [6.45, 7) is 6.97. The minimum atomic E-state index is -0.930. The molecule has 8 nitrogen and oxygen atoms in total. The van der Waals surface area contributed by atoms with Crippen LogP contribution >= 0.6 is 0 Å². The normalized spacial score (nSPS) is 15.4. The number of rotatable bonds is 7. The first-order valence-electron chi connectivity index (χ1n) is 10.9. The molecule has 0 aliphatic carbocycles. The summed E-state index contributed by atoms with van der Waals surface area (Å²) in [6.07, 6.45) is 2.04. The third-order valence-corrected chi connectivity index (χ3v) is 6.41. The molecule has 3 aromatic rings. The van der Waals surface area contributed by atoms with Gasteiger partial charge in [0.1, 0.15) is 0 Å². The Morgan fingerprint density at radius 1 is 1.00 bits per heavy atom. The van der Waals surface area contributed by atoms with Gasteiger partial charge >= 0.3 is 5.97 Å². The van der Waals surface area contributed by atoms with Crippen molar-refractivity contribution in [2.45, 2.75) is 19.9 Å². The molecule has 1 saturated heterocycles. The predicted molar refractivity (Wildman–Crippen MR) is 125 cm³/mol. The Hall–Kier alpha value is -3.23. The minimum absolute atomic E-state index is 0.0240. The highest BCUT2D eigenvalue weighted by Gasteiger charge is 2.26. The smallest absolute Gasteiger partial charge is 0.336 e. The molecule has 1 aromatic carbocycles. The van der Waals surface area contributed by atoms with Crippen LogP contribution in [0.15, 0.2) is 30.5 Å². The van der Waals surface area contributed by atoms with Gasteiger partial charge in [-0.15, -0.1) is 0 Å². The largest absolute Gasteiger partial charge is 0.493 e. The zero-order chi connectivity index (χ0) is 23.7. The number of hydrogen-bond acceptors (Lipinski definition) is 6. The number of pyridine rings is 1. The van der Waals surface area contributed by atoms with Gasteiger partial charge in [0.25, 0.3) is 0 Å². The summed E-state index contributed by atoms with van der Waals surface area (Å²) in [5.41, 5.74) is 4.66. The van der Waals surface area contributed by atoms with Gasteiger partial charge in [0.05, 0.1) is 40.1 Å². The lowest BCUT2D eigenvalue weighted by molar-refractivity contribution is 0.0187. The number of morpholine rings is 1. The molecule has 0 spiro atoms. The second kappa shape index (κ2) is 9.33. The molecule has 0 radical (unpaired) electrons. The Kier molecular flexibility index (Phi) is 6.49. The fourth-order valence-corrected chi connectivity index (χ4v) is 4.65. The number of benzene rings is 1. The van der Waals surface area contributed by atoms with E-state index in [0.29, 0.717) is 36.0 Å². The highest BCUT2D eigenvalue weighted by molar-refractivity contribution is 5.92. The summed E-state index contributed by atoms with van der Waals surface area (Å²) < 4.78 is 24.1. The van der Waals surface area contributed by atoms with Crippen LogP contribution in [0.1, 0.15) is 34.6 Å². The topological polar surface area (TPSA) is 81.9 Å². The molecule has 2 aromatic heterocycles. The van der Waals surface area contributed by atoms with Crippen LogP contribution in [-0.4, -0.2) is 68.0 Å². The zero-order valence-corrected chi connectivity index (χ0v) is 19.7. The Bertz CT molecular complexity index is 1150. The quantitative estimate of drug-likeness (QED) is 0.577. The van der Waals surface area contributed by atoms with Crippen molar-refractivity contribution < 1.29 is 28.8 Å². The average molecular weight is 455 g/mol. The number of fused-ring (bicyclic) bond motifs is 1. The van der Waals surface area contributed by atoms with Gasteiger partial charge in [0.2, 0.25) is 5.75 Å². The molecule has 1 unspecified atom stereocenters. The van der Waals surface area contributed by atoms with Crippen molar-refractivity contribution in [3.05, 3.63) is 47.3 Å². The minimum Gasteiger partial charge on any atom is -0.493 e. The number of ether oxygens (including phenoxy) is 4. The lowest BCUT2D eigenvalue weighted by Gasteiger charge is -2.34. The van der Waals surface area contributed by atoms with Crippen molar-refractivity contribution in [1.29, 1.82) is 0 Å². The van der Waals surface area contributed by atoms with E-state index in [4.69, 9.17) is 18.9 Å². The van der Waals surface area contributed by atoms with Crippen molar-refractivity contribution in [1.82, 2.24) is 9.30 Å². The molecule has 4 rings (SSSR count). The lowest BCUT2D eigenvalue weighted by Crippen LogP contribution is -2.39. The van der Waals surface area contributed by atoms with Crippen molar-refractivity contribution >= 4 is 11.5 Å². The lowest BCUT2D eigenvalue weighted by atomic mass is 10.0. The highest BCUT2D eigenvalue weighted by Crippen LogP contribution is 2.42. The van der Waals surface area contributed by atoms with Crippen LogP contribution in [0.2, 0.25) is 0 Å². The predicted octanol–water partition coefficient (Wildman–Crippen LogP) is 4.03. The molecule has 1 fully saturated rings. The molecule has 0 saturated carbocycles. The molecule has 1 aliphatic rings. The number of carbonyl (C=O) groups is 1. The van der Waals surface area contributed by atoms with Crippen LogP contribution in [0.5, 0.6) is 17.2 Å². The van der Waals surface area contributed by atoms with E-state index in [9.17, 15) is 9.90 Å². The molecule has 3 heterocycles. The van der Waals surface area contributed by atoms with Gasteiger partial charge in [-0.2, -0.15) is 0 Å². The number of carboxylic acid groups (broad SMARTS) is 1. The molecule has 33 heavy (non-hydrogen) atoms. The summed E-state index contributed by atoms with van der Waals surface area (Å²) in [5.74, 6) is 0.719. The summed E-state index contributed by atoms with van der Waals surface area (Å²) in [6, 6.07) is 7.53. The SMILES string of the molecule is COc1cc(-c2cc3cc(C(=O)O)c(C)c(C(C)N4CCOCC4)n3c2)cc(OC)c1OC. The van der Waals surface area contributed by atoms with E-state index < -0.39 is 5.97 Å². The van der Waals surface area contributed by atoms with Crippen LogP contribution in [0, 0.1) is 6.92 Å². The number of nitrogens with zero attached hydrogens (tertiary/aromatic N) is 2. The molecule has 176 valence electrons. The number of hydrogen-bond donors (Lipinski definition) is 1. The number of carboxylic acids is 1. The van der Waals surface area contributed by atoms with Gasteiger partial charge < -0.3 is 28.5 Å². The van der Waals surface area contributed by atoms with Crippen molar-refractivity contribution in [2.24, 2.45) is 0 Å². The van der Waals surface area contributed by atoms with Gasteiger partial charge in [-0.1, -0.05) is 0 Å². The second-order valence-corrected chi connectivity index (χ2v) is 8.14. The van der Waals surface area contributed by atoms with E-state index in [2.05, 4.69) is 16.2 Å². The summed E-state index contributed by atoms with van der Waals surface area (Å²) in [5, 5.41) is 9.87. The van der Waals surface area contributed by atoms with Crippen molar-refractivity contribution in [3.8, 4) is 28.4 Å². The van der Waals surface area contributed by atoms with E-state index in [1.807, 2.05) is 31.3 Å².